The first-order valence-corrected chi connectivity index (χ1v) is 11.0. The SMILES string of the molecule is Cc1ccc([C@@H](C)CNC(C(=O)Nc2ccc(-c3cnn(C)c3)cn2)c2ccccc2)cn1. The van der Waals surface area contributed by atoms with Gasteiger partial charge in [-0.3, -0.25) is 14.5 Å². The van der Waals surface area contributed by atoms with Gasteiger partial charge in [0.05, 0.1) is 6.20 Å². The third-order valence-corrected chi connectivity index (χ3v) is 5.58. The normalized spacial score (nSPS) is 12.8. The van der Waals surface area contributed by atoms with E-state index in [4.69, 9.17) is 0 Å². The zero-order valence-corrected chi connectivity index (χ0v) is 19.1. The minimum atomic E-state index is -0.508. The third kappa shape index (κ3) is 5.70. The summed E-state index contributed by atoms with van der Waals surface area (Å²) in [7, 11) is 1.87. The molecule has 0 radical (unpaired) electrons. The summed E-state index contributed by atoms with van der Waals surface area (Å²) < 4.78 is 1.74. The molecule has 0 aliphatic carbocycles. The van der Waals surface area contributed by atoms with Gasteiger partial charge >= 0.3 is 0 Å². The van der Waals surface area contributed by atoms with Crippen LogP contribution in [0.2, 0.25) is 0 Å². The van der Waals surface area contributed by atoms with E-state index in [9.17, 15) is 4.79 Å². The van der Waals surface area contributed by atoms with Crippen molar-refractivity contribution in [3.63, 3.8) is 0 Å². The molecule has 33 heavy (non-hydrogen) atoms. The van der Waals surface area contributed by atoms with Gasteiger partial charge in [0.2, 0.25) is 5.91 Å². The van der Waals surface area contributed by atoms with Gasteiger partial charge in [-0.1, -0.05) is 43.3 Å². The van der Waals surface area contributed by atoms with Crippen LogP contribution < -0.4 is 10.6 Å². The lowest BCUT2D eigenvalue weighted by molar-refractivity contribution is -0.118. The number of pyridine rings is 2. The highest BCUT2D eigenvalue weighted by Gasteiger charge is 2.22. The zero-order chi connectivity index (χ0) is 23.2. The summed E-state index contributed by atoms with van der Waals surface area (Å²) in [5.41, 5.74) is 4.94. The highest BCUT2D eigenvalue weighted by atomic mass is 16.2. The van der Waals surface area contributed by atoms with Crippen LogP contribution >= 0.6 is 0 Å². The van der Waals surface area contributed by atoms with Crippen molar-refractivity contribution in [3.05, 3.63) is 96.2 Å². The van der Waals surface area contributed by atoms with E-state index in [-0.39, 0.29) is 11.8 Å². The van der Waals surface area contributed by atoms with Crippen molar-refractivity contribution in [1.82, 2.24) is 25.1 Å². The number of rotatable bonds is 8. The standard InChI is InChI=1S/C26H28N6O/c1-18(21-10-9-19(2)27-14-21)13-29-25(20-7-5-4-6-8-20)26(33)31-24-12-11-22(15-28-24)23-16-30-32(3)17-23/h4-12,14-18,25,29H,13H2,1-3H3,(H,28,31,33)/t18-,25?/m0/s1. The molecule has 0 fully saturated rings. The zero-order valence-electron chi connectivity index (χ0n) is 19.1. The van der Waals surface area contributed by atoms with Crippen LogP contribution in [-0.2, 0) is 11.8 Å². The van der Waals surface area contributed by atoms with Crippen LogP contribution in [0.25, 0.3) is 11.1 Å². The largest absolute Gasteiger partial charge is 0.309 e. The highest BCUT2D eigenvalue weighted by Crippen LogP contribution is 2.21. The van der Waals surface area contributed by atoms with Gasteiger partial charge < -0.3 is 10.6 Å². The molecule has 2 atom stereocenters. The lowest BCUT2D eigenvalue weighted by Gasteiger charge is -2.21. The van der Waals surface area contributed by atoms with Crippen LogP contribution in [0.1, 0.15) is 35.7 Å². The van der Waals surface area contributed by atoms with Crippen molar-refractivity contribution in [1.29, 1.82) is 0 Å². The maximum Gasteiger partial charge on any atom is 0.247 e. The molecule has 1 aromatic carbocycles. The van der Waals surface area contributed by atoms with E-state index in [1.165, 1.54) is 0 Å². The summed E-state index contributed by atoms with van der Waals surface area (Å²) in [4.78, 5) is 22.0. The van der Waals surface area contributed by atoms with Crippen LogP contribution in [0, 0.1) is 6.92 Å². The van der Waals surface area contributed by atoms with Crippen molar-refractivity contribution >= 4 is 11.7 Å². The number of hydrogen-bond acceptors (Lipinski definition) is 5. The Kier molecular flexibility index (Phi) is 6.90. The molecule has 0 aliphatic heterocycles. The maximum atomic E-state index is 13.2. The lowest BCUT2D eigenvalue weighted by atomic mass is 10.0. The fraction of sp³-hybridized carbons (Fsp3) is 0.231. The summed E-state index contributed by atoms with van der Waals surface area (Å²) in [6, 6.07) is 17.0. The molecular formula is C26H28N6O. The summed E-state index contributed by atoms with van der Waals surface area (Å²) in [5, 5.41) is 10.6. The number of carbonyl (C=O) groups excluding carboxylic acids is 1. The Labute approximate surface area is 193 Å². The molecule has 1 amide bonds. The van der Waals surface area contributed by atoms with Crippen molar-refractivity contribution in [2.24, 2.45) is 7.05 Å². The summed E-state index contributed by atoms with van der Waals surface area (Å²) in [5.74, 6) is 0.553. The number of amides is 1. The second-order valence-electron chi connectivity index (χ2n) is 8.21. The van der Waals surface area contributed by atoms with Crippen LogP contribution in [0.15, 0.2) is 79.4 Å². The van der Waals surface area contributed by atoms with Gasteiger partial charge in [0.1, 0.15) is 11.9 Å². The molecule has 7 nitrogen and oxygen atoms in total. The predicted octanol–water partition coefficient (Wildman–Crippen LogP) is 4.26. The fourth-order valence-corrected chi connectivity index (χ4v) is 3.60. The molecule has 0 saturated carbocycles. The number of carbonyl (C=O) groups is 1. The van der Waals surface area contributed by atoms with Gasteiger partial charge in [0, 0.05) is 49.0 Å². The number of nitrogens with one attached hydrogen (secondary N) is 2. The monoisotopic (exact) mass is 440 g/mol. The minimum absolute atomic E-state index is 0.156. The Balaban J connectivity index is 1.46. The second kappa shape index (κ2) is 10.2. The quantitative estimate of drug-likeness (QED) is 0.428. The summed E-state index contributed by atoms with van der Waals surface area (Å²) in [6.07, 6.45) is 7.35. The third-order valence-electron chi connectivity index (χ3n) is 5.58. The first-order valence-electron chi connectivity index (χ1n) is 11.0. The molecule has 1 unspecified atom stereocenters. The fourth-order valence-electron chi connectivity index (χ4n) is 3.60. The van der Waals surface area contributed by atoms with Crippen LogP contribution in [0.4, 0.5) is 5.82 Å². The van der Waals surface area contributed by atoms with Crippen molar-refractivity contribution in [2.75, 3.05) is 11.9 Å². The first kappa shape index (κ1) is 22.4. The molecule has 3 aromatic heterocycles. The molecule has 168 valence electrons. The van der Waals surface area contributed by atoms with E-state index in [0.29, 0.717) is 12.4 Å². The Morgan fingerprint density at radius 1 is 0.939 bits per heavy atom. The highest BCUT2D eigenvalue weighted by molar-refractivity contribution is 5.95. The Morgan fingerprint density at radius 3 is 2.39 bits per heavy atom. The average molecular weight is 441 g/mol. The molecule has 3 heterocycles. The molecule has 4 rings (SSSR count). The van der Waals surface area contributed by atoms with Crippen molar-refractivity contribution in [3.8, 4) is 11.1 Å². The molecule has 2 N–H and O–H groups in total. The van der Waals surface area contributed by atoms with Gasteiger partial charge in [0.25, 0.3) is 0 Å². The van der Waals surface area contributed by atoms with Crippen LogP contribution in [-0.4, -0.2) is 32.2 Å². The Hall–Kier alpha value is -3.84. The van der Waals surface area contributed by atoms with Gasteiger partial charge in [0.15, 0.2) is 0 Å². The van der Waals surface area contributed by atoms with Crippen molar-refractivity contribution < 1.29 is 4.79 Å². The van der Waals surface area contributed by atoms with Gasteiger partial charge in [-0.2, -0.15) is 5.10 Å². The average Bonchev–Trinajstić information content (AvgIpc) is 3.27. The van der Waals surface area contributed by atoms with Crippen LogP contribution in [0.5, 0.6) is 0 Å². The smallest absolute Gasteiger partial charge is 0.247 e. The first-order chi connectivity index (χ1) is 16.0. The number of aromatic nitrogens is 4. The number of nitrogens with zero attached hydrogens (tertiary/aromatic N) is 4. The van der Waals surface area contributed by atoms with Gasteiger partial charge in [-0.05, 0) is 42.2 Å². The van der Waals surface area contributed by atoms with E-state index in [0.717, 1.165) is 27.9 Å². The number of hydrogen-bond donors (Lipinski definition) is 2. The molecule has 0 spiro atoms. The van der Waals surface area contributed by atoms with Gasteiger partial charge in [-0.15, -0.1) is 0 Å². The van der Waals surface area contributed by atoms with Gasteiger partial charge in [-0.25, -0.2) is 4.98 Å². The maximum absolute atomic E-state index is 13.2. The van der Waals surface area contributed by atoms with E-state index in [1.54, 1.807) is 17.1 Å². The topological polar surface area (TPSA) is 84.7 Å². The Morgan fingerprint density at radius 2 is 1.76 bits per heavy atom. The number of anilines is 1. The lowest BCUT2D eigenvalue weighted by Crippen LogP contribution is -2.35. The van der Waals surface area contributed by atoms with E-state index in [2.05, 4.69) is 38.7 Å². The number of aryl methyl sites for hydroxylation is 2. The molecule has 4 aromatic rings. The minimum Gasteiger partial charge on any atom is -0.309 e. The Bertz CT molecular complexity index is 1190. The van der Waals surface area contributed by atoms with E-state index in [1.807, 2.05) is 74.9 Å². The predicted molar refractivity (Wildman–Crippen MR) is 130 cm³/mol. The summed E-state index contributed by atoms with van der Waals surface area (Å²) >= 11 is 0. The second-order valence-corrected chi connectivity index (χ2v) is 8.21. The summed E-state index contributed by atoms with van der Waals surface area (Å²) in [6.45, 7) is 4.73. The molecular weight excluding hydrogens is 412 g/mol. The van der Waals surface area contributed by atoms with E-state index >= 15 is 0 Å². The molecule has 7 heteroatoms. The van der Waals surface area contributed by atoms with Crippen molar-refractivity contribution in [2.45, 2.75) is 25.8 Å². The molecule has 0 saturated heterocycles. The molecule has 0 bridgehead atoms. The van der Waals surface area contributed by atoms with E-state index < -0.39 is 6.04 Å². The van der Waals surface area contributed by atoms with Crippen LogP contribution in [0.3, 0.4) is 0 Å². The number of benzene rings is 1. The molecule has 0 aliphatic rings.